The van der Waals surface area contributed by atoms with Crippen LogP contribution >= 0.6 is 39.0 Å². The Hall–Kier alpha value is -1.11. The number of hydrogen-bond donors (Lipinski definition) is 1. The second-order valence-corrected chi connectivity index (χ2v) is 8.06. The van der Waals surface area contributed by atoms with Gasteiger partial charge in [0.1, 0.15) is 5.82 Å². The van der Waals surface area contributed by atoms with Crippen LogP contribution in [0.3, 0.4) is 0 Å². The fraction of sp³-hybridized carbons (Fsp3) is 0.188. The molecule has 0 aliphatic heterocycles. The first-order valence-electron chi connectivity index (χ1n) is 6.67. The summed E-state index contributed by atoms with van der Waals surface area (Å²) in [7, 11) is 0. The quantitative estimate of drug-likeness (QED) is 0.539. The van der Waals surface area contributed by atoms with Crippen LogP contribution in [0.5, 0.6) is 0 Å². The maximum atomic E-state index is 13.4. The van der Waals surface area contributed by atoms with Gasteiger partial charge in [-0.15, -0.1) is 11.3 Å². The second-order valence-electron chi connectivity index (χ2n) is 4.40. The van der Waals surface area contributed by atoms with E-state index in [2.05, 4.69) is 27.3 Å². The van der Waals surface area contributed by atoms with Crippen LogP contribution in [-0.4, -0.2) is 18.2 Å². The molecule has 1 aromatic carbocycles. The van der Waals surface area contributed by atoms with E-state index >= 15 is 0 Å². The first-order chi connectivity index (χ1) is 10.6. The molecular formula is C16H15BrFNOS2. The molecule has 0 aliphatic rings. The Morgan fingerprint density at radius 3 is 2.86 bits per heavy atom. The van der Waals surface area contributed by atoms with Gasteiger partial charge in [-0.25, -0.2) is 4.39 Å². The van der Waals surface area contributed by atoms with Crippen molar-refractivity contribution in [3.05, 3.63) is 62.5 Å². The third-order valence-electron chi connectivity index (χ3n) is 2.74. The average molecular weight is 400 g/mol. The van der Waals surface area contributed by atoms with Crippen LogP contribution in [0.1, 0.15) is 10.4 Å². The summed E-state index contributed by atoms with van der Waals surface area (Å²) in [5.74, 6) is 1.25. The molecule has 2 nitrogen and oxygen atoms in total. The number of amides is 1. The third-order valence-corrected chi connectivity index (χ3v) is 5.55. The van der Waals surface area contributed by atoms with E-state index in [1.807, 2.05) is 6.07 Å². The van der Waals surface area contributed by atoms with Gasteiger partial charge in [0.05, 0.1) is 3.79 Å². The molecule has 0 atom stereocenters. The van der Waals surface area contributed by atoms with Gasteiger partial charge in [-0.2, -0.15) is 11.8 Å². The van der Waals surface area contributed by atoms with Gasteiger partial charge in [-0.05, 0) is 40.2 Å². The van der Waals surface area contributed by atoms with E-state index < -0.39 is 0 Å². The zero-order chi connectivity index (χ0) is 15.8. The van der Waals surface area contributed by atoms with E-state index in [0.29, 0.717) is 12.1 Å². The number of hydrogen-bond acceptors (Lipinski definition) is 3. The molecule has 0 fully saturated rings. The minimum Gasteiger partial charge on any atom is -0.352 e. The lowest BCUT2D eigenvalue weighted by molar-refractivity contribution is -0.116. The summed E-state index contributed by atoms with van der Waals surface area (Å²) in [5, 5.41) is 2.79. The van der Waals surface area contributed by atoms with Crippen molar-refractivity contribution in [1.29, 1.82) is 0 Å². The summed E-state index contributed by atoms with van der Waals surface area (Å²) in [6.45, 7) is 0.595. The summed E-state index contributed by atoms with van der Waals surface area (Å²) >= 11 is 6.92. The van der Waals surface area contributed by atoms with Gasteiger partial charge in [0.2, 0.25) is 5.91 Å². The highest BCUT2D eigenvalue weighted by Crippen LogP contribution is 2.25. The monoisotopic (exact) mass is 399 g/mol. The molecule has 22 heavy (non-hydrogen) atoms. The number of carbonyl (C=O) groups is 1. The van der Waals surface area contributed by atoms with Crippen molar-refractivity contribution >= 4 is 51.0 Å². The molecule has 2 aromatic rings. The largest absolute Gasteiger partial charge is 0.352 e. The zero-order valence-corrected chi connectivity index (χ0v) is 14.9. The molecule has 0 unspecified atom stereocenters. The van der Waals surface area contributed by atoms with Crippen LogP contribution in [0.4, 0.5) is 4.39 Å². The van der Waals surface area contributed by atoms with Gasteiger partial charge in [0.15, 0.2) is 0 Å². The van der Waals surface area contributed by atoms with Crippen LogP contribution < -0.4 is 5.32 Å². The number of halogens is 2. The first-order valence-corrected chi connectivity index (χ1v) is 9.44. The molecule has 0 spiro atoms. The van der Waals surface area contributed by atoms with Crippen molar-refractivity contribution < 1.29 is 9.18 Å². The van der Waals surface area contributed by atoms with Gasteiger partial charge in [0, 0.05) is 34.6 Å². The van der Waals surface area contributed by atoms with E-state index in [4.69, 9.17) is 0 Å². The van der Waals surface area contributed by atoms with Crippen LogP contribution in [0.2, 0.25) is 0 Å². The molecule has 1 amide bonds. The molecule has 6 heteroatoms. The molecule has 1 heterocycles. The summed E-state index contributed by atoms with van der Waals surface area (Å²) < 4.78 is 14.5. The Bertz CT molecular complexity index is 657. The Morgan fingerprint density at radius 1 is 1.32 bits per heavy atom. The normalized spacial score (nSPS) is 11.0. The average Bonchev–Trinajstić information content (AvgIpc) is 2.91. The van der Waals surface area contributed by atoms with Gasteiger partial charge in [-0.1, -0.05) is 18.2 Å². The van der Waals surface area contributed by atoms with E-state index in [1.165, 1.54) is 23.1 Å². The maximum Gasteiger partial charge on any atom is 0.244 e. The van der Waals surface area contributed by atoms with Crippen molar-refractivity contribution in [2.24, 2.45) is 0 Å². The van der Waals surface area contributed by atoms with Crippen molar-refractivity contribution in [3.8, 4) is 0 Å². The number of benzene rings is 1. The van der Waals surface area contributed by atoms with Crippen molar-refractivity contribution in [1.82, 2.24) is 5.32 Å². The molecule has 0 radical (unpaired) electrons. The molecule has 0 bridgehead atoms. The lowest BCUT2D eigenvalue weighted by atomic mass is 10.2. The molecule has 1 N–H and O–H groups in total. The van der Waals surface area contributed by atoms with E-state index in [0.717, 1.165) is 15.3 Å². The lowest BCUT2D eigenvalue weighted by Crippen LogP contribution is -2.23. The zero-order valence-electron chi connectivity index (χ0n) is 11.7. The molecule has 0 saturated heterocycles. The predicted octanol–water partition coefficient (Wildman–Crippen LogP) is 4.71. The molecule has 2 rings (SSSR count). The first kappa shape index (κ1) is 17.2. The predicted molar refractivity (Wildman–Crippen MR) is 96.6 cm³/mol. The fourth-order valence-electron chi connectivity index (χ4n) is 1.68. The van der Waals surface area contributed by atoms with E-state index in [-0.39, 0.29) is 11.7 Å². The molecule has 1 aromatic heterocycles. The number of carbonyl (C=O) groups excluding carboxylic acids is 1. The molecular weight excluding hydrogens is 385 g/mol. The summed E-state index contributed by atoms with van der Waals surface area (Å²) in [6, 6.07) is 10.5. The highest BCUT2D eigenvalue weighted by molar-refractivity contribution is 9.11. The minimum atomic E-state index is -0.329. The SMILES string of the molecule is O=C(/C=C/c1ccccc1F)NCCSCc1ccc(Br)s1. The number of thiophene rings is 1. The highest BCUT2D eigenvalue weighted by Gasteiger charge is 2.00. The highest BCUT2D eigenvalue weighted by atomic mass is 79.9. The Labute approximate surface area is 145 Å². The van der Waals surface area contributed by atoms with E-state index in [9.17, 15) is 9.18 Å². The van der Waals surface area contributed by atoms with Crippen molar-refractivity contribution in [2.75, 3.05) is 12.3 Å². The summed E-state index contributed by atoms with van der Waals surface area (Å²) in [4.78, 5) is 12.9. The number of thioether (sulfide) groups is 1. The van der Waals surface area contributed by atoms with Gasteiger partial charge in [0.25, 0.3) is 0 Å². The smallest absolute Gasteiger partial charge is 0.244 e. The molecule has 0 saturated carbocycles. The maximum absolute atomic E-state index is 13.4. The molecule has 116 valence electrons. The fourth-order valence-corrected chi connectivity index (χ4v) is 4.14. The Balaban J connectivity index is 1.64. The van der Waals surface area contributed by atoms with Gasteiger partial charge in [-0.3, -0.25) is 4.79 Å². The Kier molecular flexibility index (Phi) is 7.15. The standard InChI is InChI=1S/C16H15BrFNOS2/c17-15-7-6-13(22-15)11-21-10-9-19-16(20)8-5-12-3-1-2-4-14(12)18/h1-8H,9-11H2,(H,19,20)/b8-5+. The minimum absolute atomic E-state index is 0.206. The lowest BCUT2D eigenvalue weighted by Gasteiger charge is -2.02. The van der Waals surface area contributed by atoms with Crippen LogP contribution in [-0.2, 0) is 10.5 Å². The van der Waals surface area contributed by atoms with E-state index in [1.54, 1.807) is 41.3 Å². The third kappa shape index (κ3) is 5.94. The topological polar surface area (TPSA) is 29.1 Å². The summed E-state index contributed by atoms with van der Waals surface area (Å²) in [6.07, 6.45) is 2.85. The second kappa shape index (κ2) is 9.12. The van der Waals surface area contributed by atoms with Gasteiger partial charge >= 0.3 is 0 Å². The van der Waals surface area contributed by atoms with Crippen LogP contribution in [0, 0.1) is 5.82 Å². The molecule has 0 aliphatic carbocycles. The summed E-state index contributed by atoms with van der Waals surface area (Å²) in [5.41, 5.74) is 0.412. The number of rotatable bonds is 7. The van der Waals surface area contributed by atoms with Crippen LogP contribution in [0.25, 0.3) is 6.08 Å². The Morgan fingerprint density at radius 2 is 2.14 bits per heavy atom. The van der Waals surface area contributed by atoms with Gasteiger partial charge < -0.3 is 5.32 Å². The van der Waals surface area contributed by atoms with Crippen LogP contribution in [0.15, 0.2) is 46.3 Å². The van der Waals surface area contributed by atoms with Crippen molar-refractivity contribution in [2.45, 2.75) is 5.75 Å². The van der Waals surface area contributed by atoms with Crippen molar-refractivity contribution in [3.63, 3.8) is 0 Å². The number of nitrogens with one attached hydrogen (secondary N) is 1.